The molecule has 0 aliphatic carbocycles. The predicted octanol–water partition coefficient (Wildman–Crippen LogP) is 1.63. The lowest BCUT2D eigenvalue weighted by Gasteiger charge is -2.31. The Kier molecular flexibility index (Phi) is 7.18. The molecule has 1 aliphatic rings. The largest absolute Gasteiger partial charge is 0.468 e. The zero-order chi connectivity index (χ0) is 29.4. The molecule has 0 amide bonds. The first-order valence-corrected chi connectivity index (χ1v) is 13.7. The van der Waals surface area contributed by atoms with Crippen LogP contribution in [0.1, 0.15) is 25.5 Å². The molecule has 214 valence electrons. The van der Waals surface area contributed by atoms with E-state index in [2.05, 4.69) is 16.8 Å². The first-order chi connectivity index (χ1) is 20.4. The van der Waals surface area contributed by atoms with Crippen LogP contribution in [-0.4, -0.2) is 60.9 Å². The van der Waals surface area contributed by atoms with Crippen LogP contribution in [-0.2, 0) is 29.2 Å². The number of esters is 1. The molecule has 5 aromatic rings. The monoisotopic (exact) mass is 566 g/mol. The molecule has 42 heavy (non-hydrogen) atoms. The quantitative estimate of drug-likeness (QED) is 0.184. The van der Waals surface area contributed by atoms with E-state index in [1.165, 1.54) is 11.7 Å². The van der Waals surface area contributed by atoms with Gasteiger partial charge in [-0.05, 0) is 38.0 Å². The molecule has 5 heterocycles. The SMILES string of the molecule is CC#CCn1c(N2CCCC(N)C2)nc2c1c(=O)n(Cc1nc3ccccc3c3ncccc13)c(=O)n2CC(=O)OC. The highest BCUT2D eigenvalue weighted by molar-refractivity contribution is 6.04. The summed E-state index contributed by atoms with van der Waals surface area (Å²) in [5.41, 5.74) is 7.19. The Balaban J connectivity index is 1.62. The molecule has 1 saturated heterocycles. The summed E-state index contributed by atoms with van der Waals surface area (Å²) in [6.45, 7) is 2.54. The molecule has 0 saturated carbocycles. The molecule has 1 aromatic carbocycles. The zero-order valence-electron chi connectivity index (χ0n) is 23.4. The van der Waals surface area contributed by atoms with Crippen molar-refractivity contribution >= 4 is 44.9 Å². The van der Waals surface area contributed by atoms with E-state index in [1.807, 2.05) is 35.2 Å². The van der Waals surface area contributed by atoms with Gasteiger partial charge in [0.25, 0.3) is 5.56 Å². The summed E-state index contributed by atoms with van der Waals surface area (Å²) in [7, 11) is 1.24. The summed E-state index contributed by atoms with van der Waals surface area (Å²) in [5.74, 6) is 5.74. The van der Waals surface area contributed by atoms with Gasteiger partial charge in [-0.2, -0.15) is 4.98 Å². The summed E-state index contributed by atoms with van der Waals surface area (Å²) in [5, 5.41) is 1.58. The summed E-state index contributed by atoms with van der Waals surface area (Å²) in [6.07, 6.45) is 3.44. The van der Waals surface area contributed by atoms with Gasteiger partial charge in [0.15, 0.2) is 11.2 Å². The van der Waals surface area contributed by atoms with Gasteiger partial charge >= 0.3 is 11.7 Å². The van der Waals surface area contributed by atoms with Crippen LogP contribution in [0.5, 0.6) is 0 Å². The van der Waals surface area contributed by atoms with Crippen molar-refractivity contribution in [2.75, 3.05) is 25.1 Å². The van der Waals surface area contributed by atoms with E-state index in [1.54, 1.807) is 23.8 Å². The Hall–Kier alpha value is -5.02. The Morgan fingerprint density at radius 3 is 2.69 bits per heavy atom. The number of imidazole rings is 1. The second-order valence-electron chi connectivity index (χ2n) is 10.3. The molecule has 6 rings (SSSR count). The van der Waals surface area contributed by atoms with E-state index in [9.17, 15) is 14.4 Å². The Morgan fingerprint density at radius 1 is 1.10 bits per heavy atom. The molecule has 0 spiro atoms. The van der Waals surface area contributed by atoms with E-state index in [0.717, 1.165) is 28.2 Å². The highest BCUT2D eigenvalue weighted by atomic mass is 16.5. The fourth-order valence-corrected chi connectivity index (χ4v) is 5.60. The molecule has 1 unspecified atom stereocenters. The number of para-hydroxylation sites is 1. The van der Waals surface area contributed by atoms with E-state index in [-0.39, 0.29) is 30.3 Å². The molecular formula is C30H30N8O4. The molecular weight excluding hydrogens is 536 g/mol. The second kappa shape index (κ2) is 11.1. The van der Waals surface area contributed by atoms with Crippen LogP contribution in [0.4, 0.5) is 5.95 Å². The number of ether oxygens (including phenoxy) is 1. The third-order valence-corrected chi connectivity index (χ3v) is 7.60. The standard InChI is InChI=1S/C30H30N8O4/c1-3-4-15-36-26-27(34-29(36)35-14-8-9-19(31)16-35)37(18-24(39)42-2)30(41)38(28(26)40)17-23-21-11-7-13-32-25(21)20-10-5-6-12-22(20)33-23/h5-7,10-13,19H,8-9,14-18,31H2,1-2H3. The zero-order valence-corrected chi connectivity index (χ0v) is 23.4. The normalized spacial score (nSPS) is 15.2. The van der Waals surface area contributed by atoms with E-state index >= 15 is 0 Å². The number of anilines is 1. The van der Waals surface area contributed by atoms with Crippen molar-refractivity contribution in [3.63, 3.8) is 0 Å². The summed E-state index contributed by atoms with van der Waals surface area (Å²) < 4.78 is 8.89. The molecule has 12 nitrogen and oxygen atoms in total. The first kappa shape index (κ1) is 27.2. The molecule has 2 N–H and O–H groups in total. The van der Waals surface area contributed by atoms with E-state index in [4.69, 9.17) is 20.4 Å². The average molecular weight is 567 g/mol. The summed E-state index contributed by atoms with van der Waals surface area (Å²) in [6, 6.07) is 11.2. The lowest BCUT2D eigenvalue weighted by molar-refractivity contribution is -0.141. The van der Waals surface area contributed by atoms with Crippen LogP contribution in [0.15, 0.2) is 52.2 Å². The van der Waals surface area contributed by atoms with Crippen LogP contribution in [0.3, 0.4) is 0 Å². The fourth-order valence-electron chi connectivity index (χ4n) is 5.60. The third-order valence-electron chi connectivity index (χ3n) is 7.60. The molecule has 1 atom stereocenters. The Morgan fingerprint density at radius 2 is 1.90 bits per heavy atom. The molecule has 1 aliphatic heterocycles. The molecule has 4 aromatic heterocycles. The number of carbonyl (C=O) groups is 1. The highest BCUT2D eigenvalue weighted by Crippen LogP contribution is 2.26. The van der Waals surface area contributed by atoms with E-state index in [0.29, 0.717) is 35.8 Å². The highest BCUT2D eigenvalue weighted by Gasteiger charge is 2.28. The molecule has 1 fully saturated rings. The number of hydrogen-bond donors (Lipinski definition) is 1. The maximum absolute atomic E-state index is 14.2. The van der Waals surface area contributed by atoms with E-state index < -0.39 is 23.8 Å². The average Bonchev–Trinajstić information content (AvgIpc) is 3.39. The molecule has 12 heteroatoms. The van der Waals surface area contributed by atoms with Gasteiger partial charge in [0.1, 0.15) is 6.54 Å². The van der Waals surface area contributed by atoms with Crippen molar-refractivity contribution < 1.29 is 9.53 Å². The number of pyridine rings is 2. The van der Waals surface area contributed by atoms with Gasteiger partial charge < -0.3 is 15.4 Å². The number of hydrogen-bond acceptors (Lipinski definition) is 9. The van der Waals surface area contributed by atoms with Crippen LogP contribution in [0.2, 0.25) is 0 Å². The number of piperidine rings is 1. The lowest BCUT2D eigenvalue weighted by atomic mass is 10.1. The Bertz CT molecular complexity index is 2030. The number of methoxy groups -OCH3 is 1. The summed E-state index contributed by atoms with van der Waals surface area (Å²) >= 11 is 0. The first-order valence-electron chi connectivity index (χ1n) is 13.7. The number of benzene rings is 1. The van der Waals surface area contributed by atoms with Crippen LogP contribution in [0.25, 0.3) is 33.0 Å². The van der Waals surface area contributed by atoms with Gasteiger partial charge in [0.05, 0.1) is 36.9 Å². The fraction of sp³-hybridized carbons (Fsp3) is 0.333. The Labute approximate surface area is 240 Å². The molecule has 0 bridgehead atoms. The number of aromatic nitrogens is 6. The maximum Gasteiger partial charge on any atom is 0.333 e. The topological polar surface area (TPSA) is 143 Å². The van der Waals surface area contributed by atoms with Crippen LogP contribution < -0.4 is 21.9 Å². The number of fused-ring (bicyclic) bond motifs is 4. The second-order valence-corrected chi connectivity index (χ2v) is 10.3. The van der Waals surface area contributed by atoms with Gasteiger partial charge in [-0.15, -0.1) is 5.92 Å². The van der Waals surface area contributed by atoms with Crippen molar-refractivity contribution in [1.29, 1.82) is 0 Å². The molecule has 0 radical (unpaired) electrons. The van der Waals surface area contributed by atoms with Crippen LogP contribution in [0, 0.1) is 11.8 Å². The number of nitrogens with zero attached hydrogens (tertiary/aromatic N) is 7. The number of carbonyl (C=O) groups excluding carboxylic acids is 1. The van der Waals surface area contributed by atoms with Gasteiger partial charge in [-0.3, -0.25) is 33.3 Å². The van der Waals surface area contributed by atoms with Gasteiger partial charge in [0, 0.05) is 36.1 Å². The van der Waals surface area contributed by atoms with Gasteiger partial charge in [-0.25, -0.2) is 4.79 Å². The van der Waals surface area contributed by atoms with Crippen molar-refractivity contribution in [3.8, 4) is 11.8 Å². The number of nitrogens with two attached hydrogens (primary N) is 1. The predicted molar refractivity (Wildman–Crippen MR) is 159 cm³/mol. The van der Waals surface area contributed by atoms with Crippen molar-refractivity contribution in [1.82, 2.24) is 28.7 Å². The minimum Gasteiger partial charge on any atom is -0.468 e. The minimum absolute atomic E-state index is 0.0564. The van der Waals surface area contributed by atoms with Crippen molar-refractivity contribution in [2.45, 2.75) is 45.4 Å². The minimum atomic E-state index is -0.696. The van der Waals surface area contributed by atoms with Crippen molar-refractivity contribution in [2.24, 2.45) is 5.73 Å². The van der Waals surface area contributed by atoms with Crippen molar-refractivity contribution in [3.05, 3.63) is 69.1 Å². The smallest absolute Gasteiger partial charge is 0.333 e. The van der Waals surface area contributed by atoms with Gasteiger partial charge in [-0.1, -0.05) is 24.1 Å². The summed E-state index contributed by atoms with van der Waals surface area (Å²) in [4.78, 5) is 56.9. The third kappa shape index (κ3) is 4.67. The maximum atomic E-state index is 14.2. The lowest BCUT2D eigenvalue weighted by Crippen LogP contribution is -2.44. The van der Waals surface area contributed by atoms with Crippen LogP contribution >= 0.6 is 0 Å². The van der Waals surface area contributed by atoms with Gasteiger partial charge in [0.2, 0.25) is 5.95 Å². The number of rotatable bonds is 6.